The predicted molar refractivity (Wildman–Crippen MR) is 96.5 cm³/mol. The van der Waals surface area contributed by atoms with E-state index in [4.69, 9.17) is 0 Å². The first kappa shape index (κ1) is 17.6. The van der Waals surface area contributed by atoms with E-state index in [0.29, 0.717) is 30.4 Å². The van der Waals surface area contributed by atoms with Crippen molar-refractivity contribution in [2.45, 2.75) is 26.3 Å². The summed E-state index contributed by atoms with van der Waals surface area (Å²) in [6.07, 6.45) is 0.611. The molecule has 1 aromatic carbocycles. The zero-order valence-corrected chi connectivity index (χ0v) is 15.1. The third kappa shape index (κ3) is 4.25. The van der Waals surface area contributed by atoms with Crippen molar-refractivity contribution >= 4 is 27.2 Å². The van der Waals surface area contributed by atoms with E-state index in [9.17, 15) is 12.8 Å². The Morgan fingerprint density at radius 3 is 2.60 bits per heavy atom. The van der Waals surface area contributed by atoms with Gasteiger partial charge in [0.2, 0.25) is 0 Å². The second-order valence-corrected chi connectivity index (χ2v) is 8.36. The largest absolute Gasteiger partial charge is 0.353 e. The van der Waals surface area contributed by atoms with Gasteiger partial charge in [0.1, 0.15) is 23.3 Å². The van der Waals surface area contributed by atoms with Gasteiger partial charge in [0, 0.05) is 24.3 Å². The molecule has 1 unspecified atom stereocenters. The van der Waals surface area contributed by atoms with Gasteiger partial charge in [0.25, 0.3) is 0 Å². The standard InChI is InChI=1S/C17H21FN4O2S/c1-3-22(15-8-9-25(23,24)11-15)17-10-16(19-12(2)20-17)21-14-6-4-13(18)5-7-14/h4-7,10,15H,3,8-9,11H2,1-2H3,(H,19,20,21). The molecule has 6 nitrogen and oxygen atoms in total. The van der Waals surface area contributed by atoms with Crippen LogP contribution < -0.4 is 10.2 Å². The van der Waals surface area contributed by atoms with Crippen LogP contribution in [0.4, 0.5) is 21.7 Å². The number of anilines is 3. The molecule has 3 rings (SSSR count). The summed E-state index contributed by atoms with van der Waals surface area (Å²) in [6.45, 7) is 4.43. The van der Waals surface area contributed by atoms with Crippen LogP contribution in [0.3, 0.4) is 0 Å². The summed E-state index contributed by atoms with van der Waals surface area (Å²) in [5, 5.41) is 3.14. The molecule has 0 bridgehead atoms. The lowest BCUT2D eigenvalue weighted by atomic mass is 10.2. The zero-order valence-electron chi connectivity index (χ0n) is 14.2. The van der Waals surface area contributed by atoms with Crippen LogP contribution >= 0.6 is 0 Å². The number of halogens is 1. The summed E-state index contributed by atoms with van der Waals surface area (Å²) in [6, 6.07) is 7.74. The van der Waals surface area contributed by atoms with Gasteiger partial charge in [-0.2, -0.15) is 0 Å². The van der Waals surface area contributed by atoms with Gasteiger partial charge in [0.05, 0.1) is 11.5 Å². The zero-order chi connectivity index (χ0) is 18.0. The Morgan fingerprint density at radius 1 is 1.28 bits per heavy atom. The molecule has 0 saturated carbocycles. The van der Waals surface area contributed by atoms with Crippen LogP contribution in [0.1, 0.15) is 19.2 Å². The Bertz CT molecular complexity index is 855. The number of sulfone groups is 1. The van der Waals surface area contributed by atoms with E-state index in [-0.39, 0.29) is 23.4 Å². The summed E-state index contributed by atoms with van der Waals surface area (Å²) < 4.78 is 36.6. The molecule has 0 aliphatic carbocycles. The molecule has 0 amide bonds. The Hall–Kier alpha value is -2.22. The van der Waals surface area contributed by atoms with Crippen molar-refractivity contribution < 1.29 is 12.8 Å². The molecule has 1 aliphatic rings. The minimum Gasteiger partial charge on any atom is -0.353 e. The number of aryl methyl sites for hydroxylation is 1. The number of hydrogen-bond donors (Lipinski definition) is 1. The van der Waals surface area contributed by atoms with Crippen molar-refractivity contribution in [3.8, 4) is 0 Å². The first-order valence-electron chi connectivity index (χ1n) is 8.21. The van der Waals surface area contributed by atoms with E-state index < -0.39 is 9.84 Å². The first-order valence-corrected chi connectivity index (χ1v) is 10.0. The van der Waals surface area contributed by atoms with E-state index >= 15 is 0 Å². The van der Waals surface area contributed by atoms with Crippen LogP contribution in [0.15, 0.2) is 30.3 Å². The van der Waals surface area contributed by atoms with E-state index in [1.807, 2.05) is 11.8 Å². The molecular formula is C17H21FN4O2S. The number of nitrogens with one attached hydrogen (secondary N) is 1. The molecule has 8 heteroatoms. The highest BCUT2D eigenvalue weighted by atomic mass is 32.2. The number of benzene rings is 1. The molecular weight excluding hydrogens is 343 g/mol. The molecule has 0 radical (unpaired) electrons. The average Bonchev–Trinajstić information content (AvgIpc) is 2.90. The maximum Gasteiger partial charge on any atom is 0.152 e. The fraction of sp³-hybridized carbons (Fsp3) is 0.412. The van der Waals surface area contributed by atoms with E-state index in [1.165, 1.54) is 12.1 Å². The van der Waals surface area contributed by atoms with Crippen molar-refractivity contribution in [1.82, 2.24) is 9.97 Å². The van der Waals surface area contributed by atoms with E-state index in [0.717, 1.165) is 5.69 Å². The molecule has 25 heavy (non-hydrogen) atoms. The van der Waals surface area contributed by atoms with E-state index in [2.05, 4.69) is 15.3 Å². The van der Waals surface area contributed by atoms with Gasteiger partial charge in [0.15, 0.2) is 9.84 Å². The fourth-order valence-electron chi connectivity index (χ4n) is 3.07. The summed E-state index contributed by atoms with van der Waals surface area (Å²) in [5.41, 5.74) is 0.719. The molecule has 134 valence electrons. The molecule has 0 spiro atoms. The highest BCUT2D eigenvalue weighted by Crippen LogP contribution is 2.25. The molecule has 1 saturated heterocycles. The fourth-order valence-corrected chi connectivity index (χ4v) is 4.80. The summed E-state index contributed by atoms with van der Waals surface area (Å²) in [5.74, 6) is 1.95. The smallest absolute Gasteiger partial charge is 0.152 e. The number of rotatable bonds is 5. The van der Waals surface area contributed by atoms with Crippen LogP contribution in [0.2, 0.25) is 0 Å². The number of nitrogens with zero attached hydrogens (tertiary/aromatic N) is 3. The molecule has 1 N–H and O–H groups in total. The monoisotopic (exact) mass is 364 g/mol. The lowest BCUT2D eigenvalue weighted by Gasteiger charge is -2.28. The third-order valence-electron chi connectivity index (χ3n) is 4.23. The van der Waals surface area contributed by atoms with Gasteiger partial charge in [-0.1, -0.05) is 0 Å². The Morgan fingerprint density at radius 2 is 2.00 bits per heavy atom. The topological polar surface area (TPSA) is 75.2 Å². The quantitative estimate of drug-likeness (QED) is 0.879. The average molecular weight is 364 g/mol. The normalized spacial score (nSPS) is 18.9. The van der Waals surface area contributed by atoms with Crippen molar-refractivity contribution in [3.63, 3.8) is 0 Å². The SMILES string of the molecule is CCN(c1cc(Nc2ccc(F)cc2)nc(C)n1)C1CCS(=O)(=O)C1. The highest BCUT2D eigenvalue weighted by Gasteiger charge is 2.32. The van der Waals surface area contributed by atoms with E-state index in [1.54, 1.807) is 25.1 Å². The number of hydrogen-bond acceptors (Lipinski definition) is 6. The maximum atomic E-state index is 13.0. The molecule has 2 aromatic rings. The van der Waals surface area contributed by atoms with Crippen molar-refractivity contribution in [2.24, 2.45) is 0 Å². The van der Waals surface area contributed by atoms with Crippen LogP contribution in [0, 0.1) is 12.7 Å². The number of aromatic nitrogens is 2. The van der Waals surface area contributed by atoms with Gasteiger partial charge in [-0.05, 0) is 44.5 Å². The molecule has 1 atom stereocenters. The Kier molecular flexibility index (Phi) is 4.89. The first-order chi connectivity index (χ1) is 11.9. The minimum atomic E-state index is -2.97. The third-order valence-corrected chi connectivity index (χ3v) is 5.98. The molecule has 1 aromatic heterocycles. The van der Waals surface area contributed by atoms with Crippen molar-refractivity contribution in [1.29, 1.82) is 0 Å². The molecule has 1 aliphatic heterocycles. The van der Waals surface area contributed by atoms with Crippen LogP contribution in [0.25, 0.3) is 0 Å². The lowest BCUT2D eigenvalue weighted by Crippen LogP contribution is -2.36. The van der Waals surface area contributed by atoms with Crippen molar-refractivity contribution in [2.75, 3.05) is 28.3 Å². The predicted octanol–water partition coefficient (Wildman–Crippen LogP) is 2.68. The van der Waals surface area contributed by atoms with Crippen LogP contribution in [0.5, 0.6) is 0 Å². The summed E-state index contributed by atoms with van der Waals surface area (Å²) in [7, 11) is -2.97. The minimum absolute atomic E-state index is 0.0667. The summed E-state index contributed by atoms with van der Waals surface area (Å²) >= 11 is 0. The van der Waals surface area contributed by atoms with Gasteiger partial charge in [-0.15, -0.1) is 0 Å². The molecule has 2 heterocycles. The van der Waals surface area contributed by atoms with Crippen molar-refractivity contribution in [3.05, 3.63) is 42.0 Å². The van der Waals surface area contributed by atoms with Crippen LogP contribution in [-0.4, -0.2) is 42.5 Å². The van der Waals surface area contributed by atoms with Gasteiger partial charge >= 0.3 is 0 Å². The highest BCUT2D eigenvalue weighted by molar-refractivity contribution is 7.91. The van der Waals surface area contributed by atoms with Crippen LogP contribution in [-0.2, 0) is 9.84 Å². The lowest BCUT2D eigenvalue weighted by molar-refractivity contribution is 0.599. The van der Waals surface area contributed by atoms with Gasteiger partial charge < -0.3 is 10.2 Å². The Balaban J connectivity index is 1.86. The van der Waals surface area contributed by atoms with Gasteiger partial charge in [-0.25, -0.2) is 22.8 Å². The second-order valence-electron chi connectivity index (χ2n) is 6.13. The molecule has 1 fully saturated rings. The summed E-state index contributed by atoms with van der Waals surface area (Å²) in [4.78, 5) is 10.8. The van der Waals surface area contributed by atoms with Gasteiger partial charge in [-0.3, -0.25) is 0 Å². The second kappa shape index (κ2) is 6.95. The Labute approximate surface area is 147 Å². The maximum absolute atomic E-state index is 13.0.